The number of methoxy groups -OCH3 is 1. The number of nitrogens with two attached hydrogens (primary N) is 1. The molecule has 0 saturated heterocycles. The maximum absolute atomic E-state index is 9.54. The molecule has 3 heterocycles. The van der Waals surface area contributed by atoms with Gasteiger partial charge in [-0.15, -0.1) is 5.10 Å². The quantitative estimate of drug-likeness (QED) is 0.533. The molecule has 0 amide bonds. The Morgan fingerprint density at radius 3 is 2.71 bits per heavy atom. The molecule has 0 aliphatic carbocycles. The number of hydrogen-bond acceptors (Lipinski definition) is 9. The molecule has 0 saturated carbocycles. The van der Waals surface area contributed by atoms with Crippen LogP contribution in [0.3, 0.4) is 0 Å². The molecule has 0 spiro atoms. The minimum Gasteiger partial charge on any atom is -0.486 e. The summed E-state index contributed by atoms with van der Waals surface area (Å²) in [5, 5.41) is 19.9. The second kappa shape index (κ2) is 7.16. The van der Waals surface area contributed by atoms with Gasteiger partial charge in [0.05, 0.1) is 18.7 Å². The van der Waals surface area contributed by atoms with Crippen molar-refractivity contribution in [2.24, 2.45) is 0 Å². The topological polar surface area (TPSA) is 149 Å². The Kier molecular flexibility index (Phi) is 4.39. The van der Waals surface area contributed by atoms with Gasteiger partial charge in [0.25, 0.3) is 0 Å². The number of nitrogens with zero attached hydrogens (tertiary/aromatic N) is 6. The van der Waals surface area contributed by atoms with Gasteiger partial charge in [0.15, 0.2) is 11.3 Å². The zero-order chi connectivity index (χ0) is 19.5. The van der Waals surface area contributed by atoms with Crippen LogP contribution in [0.1, 0.15) is 11.1 Å². The van der Waals surface area contributed by atoms with Crippen LogP contribution >= 0.6 is 0 Å². The van der Waals surface area contributed by atoms with Crippen LogP contribution in [-0.4, -0.2) is 37.5 Å². The molecule has 0 radical (unpaired) electrons. The predicted molar refractivity (Wildman–Crippen MR) is 99.2 cm³/mol. The smallest absolute Gasteiger partial charge is 0.316 e. The van der Waals surface area contributed by atoms with Crippen molar-refractivity contribution < 1.29 is 9.47 Å². The molecule has 28 heavy (non-hydrogen) atoms. The van der Waals surface area contributed by atoms with E-state index in [0.717, 1.165) is 11.1 Å². The molecule has 10 heteroatoms. The summed E-state index contributed by atoms with van der Waals surface area (Å²) in [5.41, 5.74) is 9.39. The molecule has 0 unspecified atom stereocenters. The van der Waals surface area contributed by atoms with E-state index in [-0.39, 0.29) is 18.4 Å². The Bertz CT molecular complexity index is 1180. The number of benzene rings is 1. The number of nitrogens with one attached hydrogen (secondary N) is 1. The van der Waals surface area contributed by atoms with E-state index in [0.29, 0.717) is 28.0 Å². The van der Waals surface area contributed by atoms with Crippen LogP contribution in [0.15, 0.2) is 36.7 Å². The fourth-order valence-corrected chi connectivity index (χ4v) is 2.65. The number of anilines is 1. The lowest BCUT2D eigenvalue weighted by Crippen LogP contribution is -2.01. The largest absolute Gasteiger partial charge is 0.486 e. The summed E-state index contributed by atoms with van der Waals surface area (Å²) in [7, 11) is 1.50. The molecule has 3 N–H and O–H groups in total. The number of hydrogen-bond donors (Lipinski definition) is 2. The highest BCUT2D eigenvalue weighted by Crippen LogP contribution is 2.26. The van der Waals surface area contributed by atoms with Gasteiger partial charge in [-0.2, -0.15) is 15.6 Å². The number of nitrogen functional groups attached to an aromatic ring is 1. The van der Waals surface area contributed by atoms with Crippen molar-refractivity contribution in [3.05, 3.63) is 47.8 Å². The molecule has 3 aromatic heterocycles. The van der Waals surface area contributed by atoms with Gasteiger partial charge in [-0.1, -0.05) is 12.1 Å². The number of nitriles is 1. The average molecular weight is 374 g/mol. The summed E-state index contributed by atoms with van der Waals surface area (Å²) >= 11 is 0. The Labute approximate surface area is 159 Å². The normalized spacial score (nSPS) is 10.6. The van der Waals surface area contributed by atoms with Crippen LogP contribution in [0.4, 0.5) is 5.82 Å². The van der Waals surface area contributed by atoms with E-state index in [1.807, 2.05) is 12.1 Å². The lowest BCUT2D eigenvalue weighted by molar-refractivity contribution is 0.309. The summed E-state index contributed by atoms with van der Waals surface area (Å²) in [6.07, 6.45) is 3.28. The SMILES string of the molecule is COc1ncc(-c2ccc(COc3cc(N)nc4n[nH]nc34)c(C#N)c2)cn1. The number of fused-ring (bicyclic) bond motifs is 1. The first-order chi connectivity index (χ1) is 13.7. The van der Waals surface area contributed by atoms with E-state index in [9.17, 15) is 5.26 Å². The van der Waals surface area contributed by atoms with Crippen LogP contribution in [0.25, 0.3) is 22.3 Å². The van der Waals surface area contributed by atoms with Gasteiger partial charge in [-0.25, -0.2) is 15.0 Å². The first-order valence-electron chi connectivity index (χ1n) is 8.17. The van der Waals surface area contributed by atoms with Gasteiger partial charge in [0, 0.05) is 29.6 Å². The van der Waals surface area contributed by atoms with Gasteiger partial charge in [-0.05, 0) is 11.6 Å². The van der Waals surface area contributed by atoms with Crippen molar-refractivity contribution in [2.75, 3.05) is 12.8 Å². The molecular weight excluding hydrogens is 360 g/mol. The van der Waals surface area contributed by atoms with E-state index in [1.165, 1.54) is 7.11 Å². The third-order valence-corrected chi connectivity index (χ3v) is 4.03. The minimum absolute atomic E-state index is 0.160. The summed E-state index contributed by atoms with van der Waals surface area (Å²) in [5.74, 6) is 0.708. The van der Waals surface area contributed by atoms with Crippen molar-refractivity contribution in [1.82, 2.24) is 30.4 Å². The Morgan fingerprint density at radius 2 is 1.96 bits per heavy atom. The van der Waals surface area contributed by atoms with Gasteiger partial charge >= 0.3 is 6.01 Å². The number of aromatic nitrogens is 6. The number of rotatable bonds is 5. The predicted octanol–water partition coefficient (Wildman–Crippen LogP) is 1.85. The monoisotopic (exact) mass is 374 g/mol. The second-order valence-electron chi connectivity index (χ2n) is 5.77. The molecule has 138 valence electrons. The van der Waals surface area contributed by atoms with Crippen LogP contribution in [0.2, 0.25) is 0 Å². The Morgan fingerprint density at radius 1 is 1.14 bits per heavy atom. The van der Waals surface area contributed by atoms with Crippen molar-refractivity contribution in [1.29, 1.82) is 5.26 Å². The van der Waals surface area contributed by atoms with Gasteiger partial charge in [0.2, 0.25) is 5.65 Å². The molecule has 1 aromatic carbocycles. The van der Waals surface area contributed by atoms with Crippen molar-refractivity contribution in [3.63, 3.8) is 0 Å². The van der Waals surface area contributed by atoms with E-state index in [4.69, 9.17) is 15.2 Å². The fraction of sp³-hybridized carbons (Fsp3) is 0.111. The molecule has 0 atom stereocenters. The van der Waals surface area contributed by atoms with Crippen LogP contribution in [0, 0.1) is 11.3 Å². The van der Waals surface area contributed by atoms with Crippen LogP contribution in [0.5, 0.6) is 11.8 Å². The first-order valence-corrected chi connectivity index (χ1v) is 8.17. The maximum atomic E-state index is 9.54. The molecule has 0 aliphatic rings. The minimum atomic E-state index is 0.160. The summed E-state index contributed by atoms with van der Waals surface area (Å²) in [6.45, 7) is 0.160. The zero-order valence-electron chi connectivity index (χ0n) is 14.7. The third kappa shape index (κ3) is 3.24. The Hall–Kier alpha value is -4.26. The molecule has 4 rings (SSSR count). The number of ether oxygens (including phenoxy) is 2. The molecule has 10 nitrogen and oxygen atoms in total. The zero-order valence-corrected chi connectivity index (χ0v) is 14.7. The highest BCUT2D eigenvalue weighted by molar-refractivity contribution is 5.78. The Balaban J connectivity index is 1.59. The van der Waals surface area contributed by atoms with Gasteiger partial charge < -0.3 is 15.2 Å². The third-order valence-electron chi connectivity index (χ3n) is 4.03. The van der Waals surface area contributed by atoms with Gasteiger partial charge in [-0.3, -0.25) is 0 Å². The lowest BCUT2D eigenvalue weighted by atomic mass is 10.0. The van der Waals surface area contributed by atoms with E-state index < -0.39 is 0 Å². The number of H-pyrrole nitrogens is 1. The second-order valence-corrected chi connectivity index (χ2v) is 5.77. The number of pyridine rings is 1. The average Bonchev–Trinajstić information content (AvgIpc) is 3.20. The molecule has 0 fully saturated rings. The summed E-state index contributed by atoms with van der Waals surface area (Å²) in [6, 6.07) is 9.50. The fourth-order valence-electron chi connectivity index (χ4n) is 2.65. The standard InChI is InChI=1S/C18H14N8O2/c1-27-18-21-7-13(8-22-18)10-2-3-11(12(4-10)6-19)9-28-14-5-15(20)23-17-16(14)24-26-25-17/h2-5,7-8H,9H2,1H3,(H3,20,23,24,25,26). The molecule has 0 aliphatic heterocycles. The van der Waals surface area contributed by atoms with Crippen molar-refractivity contribution in [3.8, 4) is 29.0 Å². The van der Waals surface area contributed by atoms with Crippen LogP contribution in [-0.2, 0) is 6.61 Å². The van der Waals surface area contributed by atoms with Crippen LogP contribution < -0.4 is 15.2 Å². The maximum Gasteiger partial charge on any atom is 0.316 e. The molecule has 4 aromatic rings. The lowest BCUT2D eigenvalue weighted by Gasteiger charge is -2.10. The summed E-state index contributed by atoms with van der Waals surface area (Å²) < 4.78 is 10.8. The highest BCUT2D eigenvalue weighted by atomic mass is 16.5. The van der Waals surface area contributed by atoms with E-state index in [1.54, 1.807) is 24.5 Å². The van der Waals surface area contributed by atoms with E-state index in [2.05, 4.69) is 36.4 Å². The highest BCUT2D eigenvalue weighted by Gasteiger charge is 2.12. The van der Waals surface area contributed by atoms with Crippen molar-refractivity contribution in [2.45, 2.75) is 6.61 Å². The first kappa shape index (κ1) is 17.2. The van der Waals surface area contributed by atoms with Gasteiger partial charge in [0.1, 0.15) is 12.4 Å². The van der Waals surface area contributed by atoms with Crippen molar-refractivity contribution >= 4 is 17.0 Å². The van der Waals surface area contributed by atoms with E-state index >= 15 is 0 Å². The molecule has 0 bridgehead atoms. The summed E-state index contributed by atoms with van der Waals surface area (Å²) in [4.78, 5) is 12.2. The molecular formula is C18H14N8O2. The number of aromatic amines is 1.